The highest BCUT2D eigenvalue weighted by molar-refractivity contribution is 5.78. The summed E-state index contributed by atoms with van der Waals surface area (Å²) in [7, 11) is 0. The van der Waals surface area contributed by atoms with Crippen LogP contribution in [-0.4, -0.2) is 30.6 Å². The number of ether oxygens (including phenoxy) is 1. The quantitative estimate of drug-likeness (QED) is 0.506. The molecule has 184 valence electrons. The Morgan fingerprint density at radius 3 is 2.09 bits per heavy atom. The fourth-order valence-corrected chi connectivity index (χ4v) is 4.02. The summed E-state index contributed by atoms with van der Waals surface area (Å²) in [6.45, 7) is -0.0840. The minimum atomic E-state index is -4.96. The van der Waals surface area contributed by atoms with Crippen LogP contribution in [0.5, 0.6) is 0 Å². The van der Waals surface area contributed by atoms with Crippen molar-refractivity contribution in [1.82, 2.24) is 10.2 Å². The van der Waals surface area contributed by atoms with Gasteiger partial charge in [-0.2, -0.15) is 26.3 Å². The standard InChI is InChI=1S/C23H21F7N2O2/c24-19-5-3-16(4-6-19)21(12-32(20(33)31-21)10-14-1-2-14)13-34-11-15-7-17(22(25,26)27)9-18(8-15)23(28,29)30/h3-9,14H,1-2,10-13H2,(H,31,33). The predicted octanol–water partition coefficient (Wildman–Crippen LogP) is 5.71. The van der Waals surface area contributed by atoms with E-state index in [1.165, 1.54) is 24.3 Å². The second kappa shape index (κ2) is 8.75. The van der Waals surface area contributed by atoms with E-state index in [4.69, 9.17) is 4.74 Å². The fraction of sp³-hybridized carbons (Fsp3) is 0.435. The lowest BCUT2D eigenvalue weighted by molar-refractivity contribution is -0.143. The molecule has 2 aliphatic rings. The van der Waals surface area contributed by atoms with Crippen LogP contribution in [0.2, 0.25) is 0 Å². The van der Waals surface area contributed by atoms with Crippen molar-refractivity contribution >= 4 is 6.03 Å². The van der Waals surface area contributed by atoms with Crippen molar-refractivity contribution < 1.29 is 40.3 Å². The molecule has 4 rings (SSSR count). The fourth-order valence-electron chi connectivity index (χ4n) is 4.02. The molecular formula is C23H21F7N2O2. The van der Waals surface area contributed by atoms with Gasteiger partial charge in [-0.3, -0.25) is 0 Å². The molecule has 4 nitrogen and oxygen atoms in total. The Balaban J connectivity index is 1.55. The van der Waals surface area contributed by atoms with Crippen LogP contribution in [0.25, 0.3) is 0 Å². The zero-order valence-corrected chi connectivity index (χ0v) is 17.8. The third-order valence-electron chi connectivity index (χ3n) is 5.93. The summed E-state index contributed by atoms with van der Waals surface area (Å²) in [5.41, 5.74) is -3.79. The molecule has 1 N–H and O–H groups in total. The maximum atomic E-state index is 13.5. The summed E-state index contributed by atoms with van der Waals surface area (Å²) < 4.78 is 97.8. The summed E-state index contributed by atoms with van der Waals surface area (Å²) in [6.07, 6.45) is -7.93. The van der Waals surface area contributed by atoms with Crippen LogP contribution < -0.4 is 5.32 Å². The van der Waals surface area contributed by atoms with Gasteiger partial charge in [-0.15, -0.1) is 0 Å². The van der Waals surface area contributed by atoms with Crippen LogP contribution in [0.1, 0.15) is 35.1 Å². The molecule has 11 heteroatoms. The summed E-state index contributed by atoms with van der Waals surface area (Å²) in [6, 6.07) is 6.23. The number of hydrogen-bond acceptors (Lipinski definition) is 2. The van der Waals surface area contributed by atoms with Crippen LogP contribution in [-0.2, 0) is 29.2 Å². The number of amides is 2. The van der Waals surface area contributed by atoms with Gasteiger partial charge in [-0.1, -0.05) is 12.1 Å². The van der Waals surface area contributed by atoms with Gasteiger partial charge in [0.2, 0.25) is 0 Å². The number of carbonyl (C=O) groups excluding carboxylic acids is 1. The molecule has 1 saturated heterocycles. The van der Waals surface area contributed by atoms with E-state index >= 15 is 0 Å². The summed E-state index contributed by atoms with van der Waals surface area (Å²) in [4.78, 5) is 14.2. The maximum Gasteiger partial charge on any atom is 0.416 e. The van der Waals surface area contributed by atoms with Crippen LogP contribution in [0.4, 0.5) is 35.5 Å². The molecule has 1 unspecified atom stereocenters. The molecule has 0 radical (unpaired) electrons. The second-order valence-electron chi connectivity index (χ2n) is 8.75. The van der Waals surface area contributed by atoms with Crippen molar-refractivity contribution in [3.05, 3.63) is 70.5 Å². The Kier molecular flexibility index (Phi) is 6.26. The van der Waals surface area contributed by atoms with E-state index in [-0.39, 0.29) is 30.8 Å². The first kappa shape index (κ1) is 24.3. The Labute approximate surface area is 190 Å². The Hall–Kier alpha value is -2.82. The second-order valence-corrected chi connectivity index (χ2v) is 8.75. The van der Waals surface area contributed by atoms with Gasteiger partial charge in [0.15, 0.2) is 0 Å². The lowest BCUT2D eigenvalue weighted by atomic mass is 9.91. The van der Waals surface area contributed by atoms with Crippen molar-refractivity contribution in [3.63, 3.8) is 0 Å². The van der Waals surface area contributed by atoms with Crippen LogP contribution in [0.15, 0.2) is 42.5 Å². The topological polar surface area (TPSA) is 41.6 Å². The van der Waals surface area contributed by atoms with Crippen molar-refractivity contribution in [2.45, 2.75) is 37.3 Å². The molecule has 1 heterocycles. The number of carbonyl (C=O) groups is 1. The minimum absolute atomic E-state index is 0.0520. The Morgan fingerprint density at radius 1 is 0.971 bits per heavy atom. The van der Waals surface area contributed by atoms with Gasteiger partial charge < -0.3 is 15.0 Å². The van der Waals surface area contributed by atoms with Crippen LogP contribution >= 0.6 is 0 Å². The van der Waals surface area contributed by atoms with E-state index < -0.39 is 41.4 Å². The van der Waals surface area contributed by atoms with Crippen LogP contribution in [0.3, 0.4) is 0 Å². The highest BCUT2D eigenvalue weighted by Crippen LogP contribution is 2.37. The van der Waals surface area contributed by atoms with Gasteiger partial charge in [-0.25, -0.2) is 9.18 Å². The normalized spacial score (nSPS) is 21.1. The lowest BCUT2D eigenvalue weighted by Gasteiger charge is -2.29. The van der Waals surface area contributed by atoms with E-state index in [2.05, 4.69) is 5.32 Å². The minimum Gasteiger partial charge on any atom is -0.374 e. The number of alkyl halides is 6. The molecule has 1 saturated carbocycles. The molecule has 2 aromatic rings. The van der Waals surface area contributed by atoms with Crippen molar-refractivity contribution in [1.29, 1.82) is 0 Å². The first-order chi connectivity index (χ1) is 15.9. The molecule has 1 aliphatic heterocycles. The van der Waals surface area contributed by atoms with Gasteiger partial charge in [0, 0.05) is 6.54 Å². The first-order valence-corrected chi connectivity index (χ1v) is 10.5. The van der Waals surface area contributed by atoms with Crippen molar-refractivity contribution in [3.8, 4) is 0 Å². The molecule has 0 aromatic heterocycles. The predicted molar refractivity (Wildman–Crippen MR) is 107 cm³/mol. The van der Waals surface area contributed by atoms with Gasteiger partial charge in [-0.05, 0) is 60.2 Å². The third-order valence-corrected chi connectivity index (χ3v) is 5.93. The number of benzene rings is 2. The van der Waals surface area contributed by atoms with E-state index in [0.717, 1.165) is 12.8 Å². The summed E-state index contributed by atoms with van der Waals surface area (Å²) >= 11 is 0. The average molecular weight is 490 g/mol. The molecule has 2 fully saturated rings. The number of nitrogens with zero attached hydrogens (tertiary/aromatic N) is 1. The van der Waals surface area contributed by atoms with Gasteiger partial charge in [0.05, 0.1) is 30.9 Å². The molecule has 1 atom stereocenters. The smallest absolute Gasteiger partial charge is 0.374 e. The Morgan fingerprint density at radius 2 is 1.56 bits per heavy atom. The number of halogens is 7. The lowest BCUT2D eigenvalue weighted by Crippen LogP contribution is -2.44. The molecule has 0 bridgehead atoms. The highest BCUT2D eigenvalue weighted by Gasteiger charge is 2.45. The van der Waals surface area contributed by atoms with Crippen LogP contribution in [0, 0.1) is 11.7 Å². The summed E-state index contributed by atoms with van der Waals surface area (Å²) in [5, 5.41) is 2.82. The SMILES string of the molecule is O=C1NC(COCc2cc(C(F)(F)F)cc(C(F)(F)F)c2)(c2ccc(F)cc2)CN1CC1CC1. The highest BCUT2D eigenvalue weighted by atomic mass is 19.4. The van der Waals surface area contributed by atoms with Gasteiger partial charge in [0.1, 0.15) is 11.4 Å². The van der Waals surface area contributed by atoms with E-state index in [1.54, 1.807) is 4.90 Å². The molecule has 2 aromatic carbocycles. The molecular weight excluding hydrogens is 469 g/mol. The number of rotatable bonds is 7. The number of urea groups is 1. The Bertz CT molecular complexity index is 1020. The zero-order valence-electron chi connectivity index (χ0n) is 17.8. The molecule has 1 aliphatic carbocycles. The van der Waals surface area contributed by atoms with Gasteiger partial charge in [0.25, 0.3) is 0 Å². The van der Waals surface area contributed by atoms with Gasteiger partial charge >= 0.3 is 18.4 Å². The number of nitrogens with one attached hydrogen (secondary N) is 1. The summed E-state index contributed by atoms with van der Waals surface area (Å²) in [5.74, 6) is -0.107. The van der Waals surface area contributed by atoms with E-state index in [9.17, 15) is 35.5 Å². The zero-order chi connectivity index (χ0) is 24.7. The monoisotopic (exact) mass is 490 g/mol. The van der Waals surface area contributed by atoms with E-state index in [0.29, 0.717) is 30.2 Å². The van der Waals surface area contributed by atoms with E-state index in [1.807, 2.05) is 0 Å². The molecule has 0 spiro atoms. The van der Waals surface area contributed by atoms with Crippen molar-refractivity contribution in [2.75, 3.05) is 19.7 Å². The number of hydrogen-bond donors (Lipinski definition) is 1. The molecule has 2 amide bonds. The van der Waals surface area contributed by atoms with Crippen molar-refractivity contribution in [2.24, 2.45) is 5.92 Å². The largest absolute Gasteiger partial charge is 0.416 e. The third kappa shape index (κ3) is 5.45. The first-order valence-electron chi connectivity index (χ1n) is 10.5. The average Bonchev–Trinajstić information content (AvgIpc) is 3.50. The maximum absolute atomic E-state index is 13.5. The molecule has 34 heavy (non-hydrogen) atoms.